The van der Waals surface area contributed by atoms with Gasteiger partial charge in [0.25, 0.3) is 5.91 Å². The normalized spacial score (nSPS) is 13.0. The number of carbonyl (C=O) groups excluding carboxylic acids is 1. The van der Waals surface area contributed by atoms with Crippen LogP contribution in [0.2, 0.25) is 0 Å². The molecule has 0 saturated heterocycles. The van der Waals surface area contributed by atoms with Gasteiger partial charge < -0.3 is 19.7 Å². The highest BCUT2D eigenvalue weighted by Gasteiger charge is 2.29. The Hall–Kier alpha value is -3.12. The number of halogens is 1. The van der Waals surface area contributed by atoms with Gasteiger partial charge in [0.2, 0.25) is 0 Å². The van der Waals surface area contributed by atoms with Crippen LogP contribution in [0.1, 0.15) is 16.7 Å². The molecule has 6 heteroatoms. The molecule has 0 radical (unpaired) electrons. The Morgan fingerprint density at radius 1 is 1.17 bits per heavy atom. The lowest BCUT2D eigenvalue weighted by atomic mass is 9.91. The monoisotopic (exact) mass is 396 g/mol. The molecule has 0 atom stereocenters. The molecule has 3 rings (SSSR count). The number of anilines is 1. The third-order valence-electron chi connectivity index (χ3n) is 4.88. The Labute approximate surface area is 170 Å². The topological polar surface area (TPSA) is 50.8 Å². The minimum atomic E-state index is -0.398. The van der Waals surface area contributed by atoms with E-state index in [-0.39, 0.29) is 5.91 Å². The molecule has 0 fully saturated rings. The maximum absolute atomic E-state index is 14.8. The predicted octanol–water partition coefficient (Wildman–Crippen LogP) is 3.82. The first kappa shape index (κ1) is 20.6. The lowest BCUT2D eigenvalue weighted by Crippen LogP contribution is -2.32. The summed E-state index contributed by atoms with van der Waals surface area (Å²) in [4.78, 5) is 14.6. The van der Waals surface area contributed by atoms with Gasteiger partial charge in [0.1, 0.15) is 11.6 Å². The van der Waals surface area contributed by atoms with Crippen molar-refractivity contribution in [1.82, 2.24) is 5.32 Å². The SMILES string of the molecule is C=C1C(C(=O)NCCOC)=CN(Cc2ccc(OC)cc2)c2c(C)ccc(F)c21. The molecule has 0 aliphatic carbocycles. The Kier molecular flexibility index (Phi) is 6.34. The van der Waals surface area contributed by atoms with Crippen molar-refractivity contribution in [1.29, 1.82) is 0 Å². The summed E-state index contributed by atoms with van der Waals surface area (Å²) < 4.78 is 25.0. The molecule has 2 aromatic carbocycles. The van der Waals surface area contributed by atoms with E-state index in [1.807, 2.05) is 36.1 Å². The van der Waals surface area contributed by atoms with E-state index in [0.29, 0.717) is 36.4 Å². The number of nitrogens with zero attached hydrogens (tertiary/aromatic N) is 1. The van der Waals surface area contributed by atoms with E-state index in [0.717, 1.165) is 22.6 Å². The summed E-state index contributed by atoms with van der Waals surface area (Å²) in [5.74, 6) is 0.0566. The molecule has 1 aliphatic rings. The van der Waals surface area contributed by atoms with Crippen molar-refractivity contribution in [2.45, 2.75) is 13.5 Å². The molecule has 152 valence electrons. The number of fused-ring (bicyclic) bond motifs is 1. The molecule has 29 heavy (non-hydrogen) atoms. The second-order valence-corrected chi connectivity index (χ2v) is 6.83. The van der Waals surface area contributed by atoms with Crippen molar-refractivity contribution in [3.8, 4) is 5.75 Å². The van der Waals surface area contributed by atoms with Crippen LogP contribution in [0.15, 0.2) is 54.8 Å². The second kappa shape index (κ2) is 8.92. The first-order valence-corrected chi connectivity index (χ1v) is 9.33. The molecule has 2 aromatic rings. The van der Waals surface area contributed by atoms with Crippen LogP contribution in [0.3, 0.4) is 0 Å². The average Bonchev–Trinajstić information content (AvgIpc) is 2.72. The highest BCUT2D eigenvalue weighted by atomic mass is 19.1. The average molecular weight is 396 g/mol. The standard InChI is InChI=1S/C23H25FN2O3/c1-15-5-10-20(24)21-16(2)19(23(27)25-11-12-28-3)14-26(22(15)21)13-17-6-8-18(29-4)9-7-17/h5-10,14H,2,11-13H2,1,3-4H3,(H,25,27). The molecular formula is C23H25FN2O3. The Balaban J connectivity index is 1.99. The van der Waals surface area contributed by atoms with Crippen molar-refractivity contribution < 1.29 is 18.7 Å². The van der Waals surface area contributed by atoms with Gasteiger partial charge in [-0.3, -0.25) is 4.79 Å². The number of rotatable bonds is 7. The molecule has 0 bridgehead atoms. The fourth-order valence-electron chi connectivity index (χ4n) is 3.37. The highest BCUT2D eigenvalue weighted by Crippen LogP contribution is 2.40. The summed E-state index contributed by atoms with van der Waals surface area (Å²) in [5.41, 5.74) is 3.71. The lowest BCUT2D eigenvalue weighted by molar-refractivity contribution is -0.117. The quantitative estimate of drug-likeness (QED) is 0.723. The molecular weight excluding hydrogens is 371 g/mol. The summed E-state index contributed by atoms with van der Waals surface area (Å²) in [7, 11) is 3.18. The molecule has 1 N–H and O–H groups in total. The molecule has 5 nitrogen and oxygen atoms in total. The number of benzene rings is 2. The van der Waals surface area contributed by atoms with Crippen LogP contribution in [0.5, 0.6) is 5.75 Å². The molecule has 1 aliphatic heterocycles. The molecule has 1 heterocycles. The van der Waals surface area contributed by atoms with Crippen LogP contribution in [0.25, 0.3) is 5.57 Å². The zero-order valence-corrected chi connectivity index (χ0v) is 16.9. The van der Waals surface area contributed by atoms with Gasteiger partial charge >= 0.3 is 0 Å². The summed E-state index contributed by atoms with van der Waals surface area (Å²) in [6.45, 7) is 7.16. The number of hydrogen-bond donors (Lipinski definition) is 1. The van der Waals surface area contributed by atoms with Gasteiger partial charge in [-0.1, -0.05) is 24.8 Å². The first-order valence-electron chi connectivity index (χ1n) is 9.33. The fraction of sp³-hybridized carbons (Fsp3) is 0.261. The molecule has 0 saturated carbocycles. The van der Waals surface area contributed by atoms with Crippen LogP contribution < -0.4 is 15.0 Å². The van der Waals surface area contributed by atoms with E-state index < -0.39 is 5.82 Å². The van der Waals surface area contributed by atoms with Crippen LogP contribution in [-0.4, -0.2) is 33.3 Å². The van der Waals surface area contributed by atoms with E-state index in [1.165, 1.54) is 6.07 Å². The van der Waals surface area contributed by atoms with Crippen LogP contribution in [0.4, 0.5) is 10.1 Å². The van der Waals surface area contributed by atoms with E-state index >= 15 is 0 Å². The van der Waals surface area contributed by atoms with E-state index in [1.54, 1.807) is 26.5 Å². The van der Waals surface area contributed by atoms with Gasteiger partial charge in [-0.05, 0) is 41.8 Å². The Bertz CT molecular complexity index is 951. The van der Waals surface area contributed by atoms with Crippen molar-refractivity contribution >= 4 is 17.2 Å². The minimum Gasteiger partial charge on any atom is -0.497 e. The maximum atomic E-state index is 14.8. The fourth-order valence-corrected chi connectivity index (χ4v) is 3.37. The zero-order valence-electron chi connectivity index (χ0n) is 16.9. The van der Waals surface area contributed by atoms with Gasteiger partial charge in [0, 0.05) is 32.0 Å². The summed E-state index contributed by atoms with van der Waals surface area (Å²) >= 11 is 0. The van der Waals surface area contributed by atoms with E-state index in [4.69, 9.17) is 9.47 Å². The molecule has 0 spiro atoms. The molecule has 1 amide bonds. The third kappa shape index (κ3) is 4.32. The number of ether oxygens (including phenoxy) is 2. The minimum absolute atomic E-state index is 0.307. The zero-order chi connectivity index (χ0) is 21.0. The van der Waals surface area contributed by atoms with Crippen molar-refractivity contribution in [2.24, 2.45) is 0 Å². The van der Waals surface area contributed by atoms with Crippen LogP contribution in [-0.2, 0) is 16.1 Å². The number of amides is 1. The van der Waals surface area contributed by atoms with Gasteiger partial charge in [0.05, 0.1) is 25.0 Å². The number of methoxy groups -OCH3 is 2. The second-order valence-electron chi connectivity index (χ2n) is 6.83. The third-order valence-corrected chi connectivity index (χ3v) is 4.88. The summed E-state index contributed by atoms with van der Waals surface area (Å²) in [5, 5.41) is 2.79. The van der Waals surface area contributed by atoms with E-state index in [2.05, 4.69) is 11.9 Å². The summed E-state index contributed by atoms with van der Waals surface area (Å²) in [6, 6.07) is 10.8. The Morgan fingerprint density at radius 3 is 2.55 bits per heavy atom. The predicted molar refractivity (Wildman–Crippen MR) is 112 cm³/mol. The van der Waals surface area contributed by atoms with Crippen LogP contribution in [0, 0.1) is 12.7 Å². The van der Waals surface area contributed by atoms with Crippen molar-refractivity contribution in [3.63, 3.8) is 0 Å². The summed E-state index contributed by atoms with van der Waals surface area (Å²) in [6.07, 6.45) is 1.74. The Morgan fingerprint density at radius 2 is 1.90 bits per heavy atom. The van der Waals surface area contributed by atoms with Crippen LogP contribution >= 0.6 is 0 Å². The lowest BCUT2D eigenvalue weighted by Gasteiger charge is -2.32. The first-order chi connectivity index (χ1) is 14.0. The van der Waals surface area contributed by atoms with Gasteiger partial charge in [-0.15, -0.1) is 0 Å². The van der Waals surface area contributed by atoms with Crippen molar-refractivity contribution in [3.05, 3.63) is 77.3 Å². The van der Waals surface area contributed by atoms with E-state index in [9.17, 15) is 9.18 Å². The number of nitrogens with one attached hydrogen (secondary N) is 1. The van der Waals surface area contributed by atoms with Gasteiger partial charge in [0.15, 0.2) is 0 Å². The number of aryl methyl sites for hydroxylation is 1. The highest BCUT2D eigenvalue weighted by molar-refractivity contribution is 6.11. The molecule has 0 aromatic heterocycles. The maximum Gasteiger partial charge on any atom is 0.253 e. The smallest absolute Gasteiger partial charge is 0.253 e. The van der Waals surface area contributed by atoms with Gasteiger partial charge in [-0.2, -0.15) is 0 Å². The van der Waals surface area contributed by atoms with Gasteiger partial charge in [-0.25, -0.2) is 4.39 Å². The van der Waals surface area contributed by atoms with Crippen molar-refractivity contribution in [2.75, 3.05) is 32.3 Å². The number of carbonyl (C=O) groups is 1. The number of hydrogen-bond acceptors (Lipinski definition) is 4. The largest absolute Gasteiger partial charge is 0.497 e. The molecule has 0 unspecified atom stereocenters.